The van der Waals surface area contributed by atoms with Gasteiger partial charge in [0.2, 0.25) is 0 Å². The molecule has 1 aliphatic carbocycles. The van der Waals surface area contributed by atoms with Gasteiger partial charge in [0.15, 0.2) is 0 Å². The molecular weight excluding hydrogens is 134 g/mol. The summed E-state index contributed by atoms with van der Waals surface area (Å²) >= 11 is 0. The molecule has 1 rings (SSSR count). The van der Waals surface area contributed by atoms with E-state index in [0.717, 1.165) is 12.5 Å². The molecule has 0 aromatic heterocycles. The Morgan fingerprint density at radius 3 is 2.55 bits per heavy atom. The number of unbranched alkanes of at least 4 members (excludes halogenated alkanes) is 1. The average Bonchev–Trinajstić information content (AvgIpc) is 2.76. The lowest BCUT2D eigenvalue weighted by Gasteiger charge is -2.13. The molecule has 11 heavy (non-hydrogen) atoms. The second kappa shape index (κ2) is 3.57. The molecule has 1 saturated carbocycles. The number of nitrogens with two attached hydrogens (primary N) is 1. The maximum Gasteiger partial charge on any atom is -0.00433 e. The van der Waals surface area contributed by atoms with E-state index in [1.807, 2.05) is 0 Å². The summed E-state index contributed by atoms with van der Waals surface area (Å²) in [6.07, 6.45) is 6.89. The minimum atomic E-state index is 0.685. The maximum atomic E-state index is 5.66. The third kappa shape index (κ3) is 1.76. The van der Waals surface area contributed by atoms with Gasteiger partial charge in [-0.05, 0) is 30.7 Å². The van der Waals surface area contributed by atoms with Crippen molar-refractivity contribution in [2.24, 2.45) is 17.1 Å². The number of hydrogen-bond donors (Lipinski definition) is 1. The first-order chi connectivity index (χ1) is 5.29. The van der Waals surface area contributed by atoms with Crippen LogP contribution < -0.4 is 5.73 Å². The van der Waals surface area contributed by atoms with Crippen molar-refractivity contribution < 1.29 is 0 Å². The fourth-order valence-corrected chi connectivity index (χ4v) is 2.21. The standard InChI is InChI=1S/C10H21N/c1-3-5-6-10(4-2)7-9(10)8-11/h9H,3-8,11H2,1-2H3. The van der Waals surface area contributed by atoms with Crippen molar-refractivity contribution in [2.45, 2.75) is 46.0 Å². The summed E-state index contributed by atoms with van der Waals surface area (Å²) in [7, 11) is 0. The summed E-state index contributed by atoms with van der Waals surface area (Å²) in [4.78, 5) is 0. The van der Waals surface area contributed by atoms with Crippen molar-refractivity contribution in [3.05, 3.63) is 0 Å². The van der Waals surface area contributed by atoms with Gasteiger partial charge in [-0.3, -0.25) is 0 Å². The molecule has 0 aliphatic heterocycles. The zero-order valence-electron chi connectivity index (χ0n) is 7.90. The van der Waals surface area contributed by atoms with Gasteiger partial charge in [-0.2, -0.15) is 0 Å². The van der Waals surface area contributed by atoms with Gasteiger partial charge in [0.25, 0.3) is 0 Å². The van der Waals surface area contributed by atoms with Crippen molar-refractivity contribution in [2.75, 3.05) is 6.54 Å². The molecule has 66 valence electrons. The molecule has 0 amide bonds. The Bertz CT molecular complexity index is 122. The molecule has 0 aromatic carbocycles. The lowest BCUT2D eigenvalue weighted by molar-refractivity contribution is 0.390. The molecule has 2 N–H and O–H groups in total. The third-order valence-corrected chi connectivity index (χ3v) is 3.38. The van der Waals surface area contributed by atoms with E-state index >= 15 is 0 Å². The quantitative estimate of drug-likeness (QED) is 0.648. The van der Waals surface area contributed by atoms with Crippen LogP contribution in [0, 0.1) is 11.3 Å². The normalized spacial score (nSPS) is 35.7. The van der Waals surface area contributed by atoms with Gasteiger partial charge >= 0.3 is 0 Å². The largest absolute Gasteiger partial charge is 0.330 e. The van der Waals surface area contributed by atoms with Gasteiger partial charge in [-0.1, -0.05) is 33.1 Å². The van der Waals surface area contributed by atoms with Gasteiger partial charge in [-0.25, -0.2) is 0 Å². The second-order valence-electron chi connectivity index (χ2n) is 3.96. The first-order valence-corrected chi connectivity index (χ1v) is 4.99. The summed E-state index contributed by atoms with van der Waals surface area (Å²) in [6.45, 7) is 5.49. The van der Waals surface area contributed by atoms with E-state index in [-0.39, 0.29) is 0 Å². The average molecular weight is 155 g/mol. The molecule has 1 fully saturated rings. The van der Waals surface area contributed by atoms with Crippen LogP contribution in [-0.2, 0) is 0 Å². The first kappa shape index (κ1) is 9.05. The van der Waals surface area contributed by atoms with Gasteiger partial charge < -0.3 is 5.73 Å². The molecule has 0 aromatic rings. The van der Waals surface area contributed by atoms with Gasteiger partial charge in [0, 0.05) is 0 Å². The Labute approximate surface area is 70.4 Å². The molecule has 0 heterocycles. The summed E-state index contributed by atoms with van der Waals surface area (Å²) in [5, 5.41) is 0. The molecule has 1 aliphatic rings. The smallest absolute Gasteiger partial charge is 0.00433 e. The monoisotopic (exact) mass is 155 g/mol. The lowest BCUT2D eigenvalue weighted by atomic mass is 9.93. The molecule has 0 radical (unpaired) electrons. The second-order valence-corrected chi connectivity index (χ2v) is 3.96. The van der Waals surface area contributed by atoms with Gasteiger partial charge in [0.05, 0.1) is 0 Å². The van der Waals surface area contributed by atoms with E-state index in [4.69, 9.17) is 5.73 Å². The summed E-state index contributed by atoms with van der Waals surface area (Å²) in [6, 6.07) is 0. The first-order valence-electron chi connectivity index (χ1n) is 4.99. The van der Waals surface area contributed by atoms with Crippen molar-refractivity contribution in [1.82, 2.24) is 0 Å². The summed E-state index contributed by atoms with van der Waals surface area (Å²) < 4.78 is 0. The van der Waals surface area contributed by atoms with Crippen LogP contribution in [0.2, 0.25) is 0 Å². The van der Waals surface area contributed by atoms with E-state index in [0.29, 0.717) is 5.41 Å². The Kier molecular flexibility index (Phi) is 2.94. The molecule has 1 nitrogen and oxygen atoms in total. The molecule has 0 bridgehead atoms. The predicted octanol–water partition coefficient (Wildman–Crippen LogP) is 2.55. The molecular formula is C10H21N. The lowest BCUT2D eigenvalue weighted by Crippen LogP contribution is -2.10. The highest BCUT2D eigenvalue weighted by atomic mass is 14.7. The minimum absolute atomic E-state index is 0.685. The Hall–Kier alpha value is -0.0400. The van der Waals surface area contributed by atoms with Crippen LogP contribution in [0.1, 0.15) is 46.0 Å². The van der Waals surface area contributed by atoms with Gasteiger partial charge in [-0.15, -0.1) is 0 Å². The van der Waals surface area contributed by atoms with Crippen molar-refractivity contribution in [1.29, 1.82) is 0 Å². The zero-order chi connectivity index (χ0) is 8.32. The molecule has 1 heteroatoms. The predicted molar refractivity (Wildman–Crippen MR) is 49.4 cm³/mol. The molecule has 2 unspecified atom stereocenters. The van der Waals surface area contributed by atoms with Crippen molar-refractivity contribution in [3.8, 4) is 0 Å². The Morgan fingerprint density at radius 2 is 2.18 bits per heavy atom. The number of hydrogen-bond acceptors (Lipinski definition) is 1. The summed E-state index contributed by atoms with van der Waals surface area (Å²) in [5.41, 5.74) is 6.34. The van der Waals surface area contributed by atoms with Crippen LogP contribution in [0.5, 0.6) is 0 Å². The van der Waals surface area contributed by atoms with Crippen molar-refractivity contribution >= 4 is 0 Å². The highest BCUT2D eigenvalue weighted by molar-refractivity contribution is 5.01. The van der Waals surface area contributed by atoms with Crippen LogP contribution in [0.3, 0.4) is 0 Å². The van der Waals surface area contributed by atoms with Crippen LogP contribution in [0.15, 0.2) is 0 Å². The van der Waals surface area contributed by atoms with E-state index in [2.05, 4.69) is 13.8 Å². The van der Waals surface area contributed by atoms with E-state index < -0.39 is 0 Å². The Morgan fingerprint density at radius 1 is 1.45 bits per heavy atom. The minimum Gasteiger partial charge on any atom is -0.330 e. The SMILES string of the molecule is CCCCC1(CC)CC1CN. The highest BCUT2D eigenvalue weighted by Crippen LogP contribution is 2.57. The highest BCUT2D eigenvalue weighted by Gasteiger charge is 2.50. The van der Waals surface area contributed by atoms with E-state index in [1.165, 1.54) is 32.1 Å². The molecule has 0 saturated heterocycles. The van der Waals surface area contributed by atoms with Crippen LogP contribution in [0.25, 0.3) is 0 Å². The van der Waals surface area contributed by atoms with Crippen LogP contribution in [0.4, 0.5) is 0 Å². The Balaban J connectivity index is 2.27. The topological polar surface area (TPSA) is 26.0 Å². The maximum absolute atomic E-state index is 5.66. The van der Waals surface area contributed by atoms with Crippen LogP contribution in [-0.4, -0.2) is 6.54 Å². The molecule has 2 atom stereocenters. The fraction of sp³-hybridized carbons (Fsp3) is 1.00. The zero-order valence-corrected chi connectivity index (χ0v) is 7.90. The van der Waals surface area contributed by atoms with Crippen molar-refractivity contribution in [3.63, 3.8) is 0 Å². The van der Waals surface area contributed by atoms with Crippen LogP contribution >= 0.6 is 0 Å². The fourth-order valence-electron chi connectivity index (χ4n) is 2.21. The summed E-state index contributed by atoms with van der Waals surface area (Å²) in [5.74, 6) is 0.860. The number of rotatable bonds is 5. The van der Waals surface area contributed by atoms with E-state index in [1.54, 1.807) is 0 Å². The molecule has 0 spiro atoms. The van der Waals surface area contributed by atoms with E-state index in [9.17, 15) is 0 Å². The van der Waals surface area contributed by atoms with Gasteiger partial charge in [0.1, 0.15) is 0 Å². The third-order valence-electron chi connectivity index (χ3n) is 3.38.